The third-order valence-corrected chi connectivity index (χ3v) is 1.78. The number of hydrogen-bond acceptors (Lipinski definition) is 4. The second-order valence-corrected chi connectivity index (χ2v) is 2.49. The monoisotopic (exact) mass is 151 g/mol. The maximum absolute atomic E-state index is 5.16. The second-order valence-electron chi connectivity index (χ2n) is 2.49. The molecule has 1 atom stereocenters. The zero-order chi connectivity index (χ0) is 7.68. The van der Waals surface area contributed by atoms with Gasteiger partial charge in [-0.25, -0.2) is 4.98 Å². The highest BCUT2D eigenvalue weighted by atomic mass is 16.3. The van der Waals surface area contributed by atoms with Crippen molar-refractivity contribution in [2.45, 2.75) is 12.5 Å². The Balaban J connectivity index is 2.19. The highest BCUT2D eigenvalue weighted by molar-refractivity contribution is 5.59. The number of aromatic nitrogens is 1. The molecule has 58 valence electrons. The summed E-state index contributed by atoms with van der Waals surface area (Å²) in [5, 5.41) is 5.93. The lowest BCUT2D eigenvalue weighted by Crippen LogP contribution is -2.13. The quantitative estimate of drug-likeness (QED) is 0.602. The van der Waals surface area contributed by atoms with Crippen LogP contribution in [0.3, 0.4) is 0 Å². The third-order valence-electron chi connectivity index (χ3n) is 1.78. The van der Waals surface area contributed by atoms with E-state index in [-0.39, 0.29) is 6.04 Å². The lowest BCUT2D eigenvalue weighted by atomic mass is 10.2. The molecular weight excluding hydrogens is 142 g/mol. The van der Waals surface area contributed by atoms with E-state index >= 15 is 0 Å². The van der Waals surface area contributed by atoms with E-state index in [1.807, 2.05) is 18.3 Å². The van der Waals surface area contributed by atoms with Crippen LogP contribution in [0.2, 0.25) is 0 Å². The third kappa shape index (κ3) is 1.00. The molecule has 4 nitrogen and oxygen atoms in total. The van der Waals surface area contributed by atoms with Gasteiger partial charge in [-0.3, -0.25) is 5.01 Å². The molecule has 0 radical (unpaired) electrons. The largest absolute Gasteiger partial charge is 0.447 e. The molecule has 0 spiro atoms. The molecule has 0 fully saturated rings. The Hall–Kier alpha value is -1.32. The minimum absolute atomic E-state index is 0.199. The number of nitrogens with zero attached hydrogens (tertiary/aromatic N) is 3. The van der Waals surface area contributed by atoms with Gasteiger partial charge in [-0.05, 0) is 0 Å². The van der Waals surface area contributed by atoms with E-state index in [4.69, 9.17) is 4.42 Å². The molecule has 0 amide bonds. The molecule has 0 aromatic carbocycles. The number of rotatable bonds is 1. The van der Waals surface area contributed by atoms with Gasteiger partial charge in [-0.1, -0.05) is 0 Å². The minimum atomic E-state index is 0.199. The Kier molecular flexibility index (Phi) is 1.38. The Morgan fingerprint density at radius 1 is 1.73 bits per heavy atom. The van der Waals surface area contributed by atoms with Crippen molar-refractivity contribution in [1.29, 1.82) is 0 Å². The first-order chi connectivity index (χ1) is 5.38. The van der Waals surface area contributed by atoms with Crippen molar-refractivity contribution in [1.82, 2.24) is 9.99 Å². The average Bonchev–Trinajstić information content (AvgIpc) is 2.55. The van der Waals surface area contributed by atoms with Gasteiger partial charge in [0.05, 0.1) is 6.20 Å². The minimum Gasteiger partial charge on any atom is -0.447 e. The van der Waals surface area contributed by atoms with Crippen LogP contribution in [0.25, 0.3) is 0 Å². The van der Waals surface area contributed by atoms with Gasteiger partial charge in [0.2, 0.25) is 5.89 Å². The van der Waals surface area contributed by atoms with Gasteiger partial charge in [0.25, 0.3) is 0 Å². The summed E-state index contributed by atoms with van der Waals surface area (Å²) in [6, 6.07) is 0.199. The predicted octanol–water partition coefficient (Wildman–Crippen LogP) is 1.04. The standard InChI is InChI=1S/C7H9N3O/c1-10-6(2-3-9-10)7-8-4-5-11-7/h3-6H,2H2,1H3. The normalized spacial score (nSPS) is 23.0. The van der Waals surface area contributed by atoms with Gasteiger partial charge in [0.15, 0.2) is 0 Å². The topological polar surface area (TPSA) is 41.6 Å². The zero-order valence-electron chi connectivity index (χ0n) is 6.27. The molecule has 0 saturated carbocycles. The fourth-order valence-electron chi connectivity index (χ4n) is 1.17. The SMILES string of the molecule is CN1N=CCC1c1ncco1. The van der Waals surface area contributed by atoms with Crippen LogP contribution in [0.15, 0.2) is 22.0 Å². The summed E-state index contributed by atoms with van der Waals surface area (Å²) in [4.78, 5) is 4.06. The van der Waals surface area contributed by atoms with E-state index in [9.17, 15) is 0 Å². The fraction of sp³-hybridized carbons (Fsp3) is 0.429. The van der Waals surface area contributed by atoms with Gasteiger partial charge in [-0.15, -0.1) is 0 Å². The van der Waals surface area contributed by atoms with E-state index in [0.29, 0.717) is 0 Å². The maximum Gasteiger partial charge on any atom is 0.218 e. The van der Waals surface area contributed by atoms with E-state index in [1.165, 1.54) is 0 Å². The number of oxazole rings is 1. The fourth-order valence-corrected chi connectivity index (χ4v) is 1.17. The van der Waals surface area contributed by atoms with Gasteiger partial charge in [0.1, 0.15) is 12.3 Å². The average molecular weight is 151 g/mol. The highest BCUT2D eigenvalue weighted by Gasteiger charge is 2.22. The van der Waals surface area contributed by atoms with Crippen molar-refractivity contribution in [3.8, 4) is 0 Å². The van der Waals surface area contributed by atoms with Crippen LogP contribution in [0, 0.1) is 0 Å². The Labute approximate surface area is 64.5 Å². The molecule has 1 aromatic rings. The molecule has 4 heteroatoms. The molecule has 1 unspecified atom stereocenters. The Morgan fingerprint density at radius 2 is 2.64 bits per heavy atom. The molecule has 1 aliphatic rings. The van der Waals surface area contributed by atoms with Crippen molar-refractivity contribution in [2.75, 3.05) is 7.05 Å². The van der Waals surface area contributed by atoms with Crippen molar-refractivity contribution < 1.29 is 4.42 Å². The molecule has 1 aliphatic heterocycles. The second kappa shape index (κ2) is 2.38. The van der Waals surface area contributed by atoms with Crippen molar-refractivity contribution in [3.05, 3.63) is 18.4 Å². The molecular formula is C7H9N3O. The summed E-state index contributed by atoms with van der Waals surface area (Å²) < 4.78 is 5.16. The van der Waals surface area contributed by atoms with E-state index in [2.05, 4.69) is 10.1 Å². The smallest absolute Gasteiger partial charge is 0.218 e. The van der Waals surface area contributed by atoms with Crippen molar-refractivity contribution in [2.24, 2.45) is 5.10 Å². The van der Waals surface area contributed by atoms with E-state index in [1.54, 1.807) is 12.5 Å². The highest BCUT2D eigenvalue weighted by Crippen LogP contribution is 2.24. The molecule has 2 rings (SSSR count). The molecule has 0 saturated heterocycles. The molecule has 0 N–H and O–H groups in total. The first-order valence-electron chi connectivity index (χ1n) is 3.52. The summed E-state index contributed by atoms with van der Waals surface area (Å²) in [6.45, 7) is 0. The van der Waals surface area contributed by atoms with Crippen molar-refractivity contribution >= 4 is 6.21 Å². The lowest BCUT2D eigenvalue weighted by molar-refractivity contribution is 0.245. The number of hydrazone groups is 1. The molecule has 11 heavy (non-hydrogen) atoms. The Bertz CT molecular complexity index is 255. The Morgan fingerprint density at radius 3 is 3.18 bits per heavy atom. The number of hydrogen-bond donors (Lipinski definition) is 0. The van der Waals surface area contributed by atoms with Gasteiger partial charge >= 0.3 is 0 Å². The first kappa shape index (κ1) is 6.39. The summed E-state index contributed by atoms with van der Waals surface area (Å²) in [5.74, 6) is 0.741. The van der Waals surface area contributed by atoms with Crippen LogP contribution in [-0.2, 0) is 0 Å². The first-order valence-corrected chi connectivity index (χ1v) is 3.52. The van der Waals surface area contributed by atoms with Crippen LogP contribution in [0.5, 0.6) is 0 Å². The van der Waals surface area contributed by atoms with E-state index < -0.39 is 0 Å². The van der Waals surface area contributed by atoms with Crippen LogP contribution < -0.4 is 0 Å². The zero-order valence-corrected chi connectivity index (χ0v) is 6.27. The molecule has 2 heterocycles. The lowest BCUT2D eigenvalue weighted by Gasteiger charge is -2.14. The van der Waals surface area contributed by atoms with E-state index in [0.717, 1.165) is 12.3 Å². The maximum atomic E-state index is 5.16. The molecule has 0 bridgehead atoms. The summed E-state index contributed by atoms with van der Waals surface area (Å²) in [6.07, 6.45) is 5.99. The van der Waals surface area contributed by atoms with Gasteiger partial charge < -0.3 is 4.42 Å². The predicted molar refractivity (Wildman–Crippen MR) is 40.1 cm³/mol. The van der Waals surface area contributed by atoms with Gasteiger partial charge in [0, 0.05) is 19.7 Å². The van der Waals surface area contributed by atoms with Crippen LogP contribution >= 0.6 is 0 Å². The van der Waals surface area contributed by atoms with Crippen LogP contribution in [-0.4, -0.2) is 23.3 Å². The van der Waals surface area contributed by atoms with Crippen LogP contribution in [0.4, 0.5) is 0 Å². The summed E-state index contributed by atoms with van der Waals surface area (Å²) in [7, 11) is 1.92. The van der Waals surface area contributed by atoms with Crippen molar-refractivity contribution in [3.63, 3.8) is 0 Å². The summed E-state index contributed by atoms with van der Waals surface area (Å²) >= 11 is 0. The molecule has 0 aliphatic carbocycles. The summed E-state index contributed by atoms with van der Waals surface area (Å²) in [5.41, 5.74) is 0. The molecule has 1 aromatic heterocycles. The van der Waals surface area contributed by atoms with Crippen LogP contribution in [0.1, 0.15) is 18.4 Å². The van der Waals surface area contributed by atoms with Gasteiger partial charge in [-0.2, -0.15) is 5.10 Å².